The Labute approximate surface area is 64.9 Å². The van der Waals surface area contributed by atoms with Crippen LogP contribution in [0.3, 0.4) is 0 Å². The first-order chi connectivity index (χ1) is 5.20. The van der Waals surface area contributed by atoms with Gasteiger partial charge in [0.1, 0.15) is 6.54 Å². The van der Waals surface area contributed by atoms with Crippen molar-refractivity contribution in [1.82, 2.24) is 5.32 Å². The van der Waals surface area contributed by atoms with Gasteiger partial charge in [-0.25, -0.2) is 0 Å². The zero-order valence-corrected chi connectivity index (χ0v) is 6.22. The zero-order valence-electron chi connectivity index (χ0n) is 6.22. The molecule has 0 aliphatic carbocycles. The topological polar surface area (TPSA) is 55.4 Å². The number of carbonyl (C=O) groups excluding carboxylic acids is 2. The van der Waals surface area contributed by atoms with Crippen LogP contribution in [0.4, 0.5) is 0 Å². The Kier molecular flexibility index (Phi) is 4.58. The van der Waals surface area contributed by atoms with Gasteiger partial charge in [-0.1, -0.05) is 0 Å². The van der Waals surface area contributed by atoms with Gasteiger partial charge in [0.15, 0.2) is 0 Å². The average molecular weight is 155 g/mol. The number of amides is 1. The van der Waals surface area contributed by atoms with E-state index in [0.717, 1.165) is 0 Å². The van der Waals surface area contributed by atoms with Crippen molar-refractivity contribution in [3.63, 3.8) is 0 Å². The number of hydrogen-bond donors (Lipinski definition) is 1. The first kappa shape index (κ1) is 9.50. The molecule has 0 rings (SSSR count). The molecule has 0 aromatic heterocycles. The Hall–Kier alpha value is -1.50. The van der Waals surface area contributed by atoms with Gasteiger partial charge in [-0.05, 0) is 12.8 Å². The summed E-state index contributed by atoms with van der Waals surface area (Å²) in [7, 11) is 0. The van der Waals surface area contributed by atoms with E-state index in [0.29, 0.717) is 6.61 Å². The molecule has 0 radical (unpaired) electrons. The van der Waals surface area contributed by atoms with E-state index in [4.69, 9.17) is 6.42 Å². The van der Waals surface area contributed by atoms with E-state index in [2.05, 4.69) is 10.1 Å². The predicted molar refractivity (Wildman–Crippen MR) is 38.5 cm³/mol. The maximum Gasteiger partial charge on any atom is 0.325 e. The molecule has 1 amide bonds. The summed E-state index contributed by atoms with van der Waals surface area (Å²) in [4.78, 5) is 20.9. The molecule has 0 fully saturated rings. The number of rotatable bonds is 3. The van der Waals surface area contributed by atoms with Crippen molar-refractivity contribution in [2.24, 2.45) is 0 Å². The highest BCUT2D eigenvalue weighted by molar-refractivity contribution is 5.94. The molecule has 0 aromatic carbocycles. The molecule has 0 spiro atoms. The summed E-state index contributed by atoms with van der Waals surface area (Å²) < 4.78 is 4.51. The molecule has 4 heteroatoms. The van der Waals surface area contributed by atoms with Crippen molar-refractivity contribution in [2.45, 2.75) is 6.92 Å². The second-order valence-corrected chi connectivity index (χ2v) is 1.63. The molecule has 4 nitrogen and oxygen atoms in total. The highest BCUT2D eigenvalue weighted by atomic mass is 16.5. The lowest BCUT2D eigenvalue weighted by atomic mass is 10.5. The first-order valence-corrected chi connectivity index (χ1v) is 3.10. The minimum Gasteiger partial charge on any atom is -0.465 e. The molecular formula is C7H9NO3. The van der Waals surface area contributed by atoms with Crippen LogP contribution >= 0.6 is 0 Å². The van der Waals surface area contributed by atoms with Crippen molar-refractivity contribution >= 4 is 11.9 Å². The Morgan fingerprint density at radius 2 is 2.27 bits per heavy atom. The fourth-order valence-electron chi connectivity index (χ4n) is 0.415. The first-order valence-electron chi connectivity index (χ1n) is 3.10. The van der Waals surface area contributed by atoms with Crippen LogP contribution in [0.5, 0.6) is 0 Å². The van der Waals surface area contributed by atoms with Gasteiger partial charge in [0.05, 0.1) is 6.61 Å². The normalized spacial score (nSPS) is 8.00. The van der Waals surface area contributed by atoms with Crippen LogP contribution in [0.25, 0.3) is 0 Å². The lowest BCUT2D eigenvalue weighted by molar-refractivity contribution is -0.143. The number of hydrogen-bond acceptors (Lipinski definition) is 3. The quantitative estimate of drug-likeness (QED) is 0.433. The van der Waals surface area contributed by atoms with E-state index in [1.54, 1.807) is 12.8 Å². The van der Waals surface area contributed by atoms with Gasteiger partial charge in [-0.2, -0.15) is 0 Å². The number of ether oxygens (including phenoxy) is 1. The third-order valence-electron chi connectivity index (χ3n) is 0.830. The zero-order chi connectivity index (χ0) is 8.69. The molecule has 0 aliphatic rings. The van der Waals surface area contributed by atoms with E-state index < -0.39 is 11.9 Å². The maximum absolute atomic E-state index is 10.6. The molecule has 0 atom stereocenters. The lowest BCUT2D eigenvalue weighted by Gasteiger charge is -2.00. The summed E-state index contributed by atoms with van der Waals surface area (Å²) in [5, 5.41) is 2.17. The van der Waals surface area contributed by atoms with Gasteiger partial charge in [-0.3, -0.25) is 9.59 Å². The van der Waals surface area contributed by atoms with Crippen LogP contribution in [0, 0.1) is 12.3 Å². The fourth-order valence-corrected chi connectivity index (χ4v) is 0.415. The SMILES string of the molecule is C#CC(=O)NCC(=O)OCC. The van der Waals surface area contributed by atoms with E-state index in [1.165, 1.54) is 0 Å². The number of nitrogens with one attached hydrogen (secondary N) is 1. The molecule has 0 bridgehead atoms. The Balaban J connectivity index is 3.48. The summed E-state index contributed by atoms with van der Waals surface area (Å²) in [6.07, 6.45) is 4.72. The minimum atomic E-state index is -0.613. The smallest absolute Gasteiger partial charge is 0.325 e. The second kappa shape index (κ2) is 5.30. The van der Waals surface area contributed by atoms with Crippen LogP contribution in [0.2, 0.25) is 0 Å². The van der Waals surface area contributed by atoms with Gasteiger partial charge in [0.25, 0.3) is 5.91 Å². The molecule has 1 N–H and O–H groups in total. The average Bonchev–Trinajstić information content (AvgIpc) is 2.01. The molecule has 60 valence electrons. The van der Waals surface area contributed by atoms with Crippen molar-refractivity contribution in [2.75, 3.05) is 13.2 Å². The number of carbonyl (C=O) groups is 2. The minimum absolute atomic E-state index is 0.170. The monoisotopic (exact) mass is 155 g/mol. The van der Waals surface area contributed by atoms with Crippen LogP contribution in [-0.2, 0) is 14.3 Å². The highest BCUT2D eigenvalue weighted by Crippen LogP contribution is 1.74. The summed E-state index contributed by atoms with van der Waals surface area (Å²) in [5.41, 5.74) is 0. The predicted octanol–water partition coefficient (Wildman–Crippen LogP) is -0.701. The third kappa shape index (κ3) is 4.97. The molecule has 0 unspecified atom stereocenters. The van der Waals surface area contributed by atoms with Crippen molar-refractivity contribution < 1.29 is 14.3 Å². The van der Waals surface area contributed by atoms with Gasteiger partial charge in [0.2, 0.25) is 0 Å². The van der Waals surface area contributed by atoms with Crippen LogP contribution in [-0.4, -0.2) is 25.0 Å². The van der Waals surface area contributed by atoms with Gasteiger partial charge in [-0.15, -0.1) is 6.42 Å². The van der Waals surface area contributed by atoms with E-state index in [1.807, 2.05) is 0 Å². The van der Waals surface area contributed by atoms with E-state index in [-0.39, 0.29) is 6.54 Å². The molecule has 0 aliphatic heterocycles. The Morgan fingerprint density at radius 1 is 1.64 bits per heavy atom. The van der Waals surface area contributed by atoms with Gasteiger partial charge in [0, 0.05) is 0 Å². The van der Waals surface area contributed by atoms with E-state index in [9.17, 15) is 9.59 Å². The molecule has 11 heavy (non-hydrogen) atoms. The van der Waals surface area contributed by atoms with Gasteiger partial charge < -0.3 is 10.1 Å². The fraction of sp³-hybridized carbons (Fsp3) is 0.429. The van der Waals surface area contributed by atoms with Crippen molar-refractivity contribution in [1.29, 1.82) is 0 Å². The summed E-state index contributed by atoms with van der Waals surface area (Å²) >= 11 is 0. The highest BCUT2D eigenvalue weighted by Gasteiger charge is 2.01. The maximum atomic E-state index is 10.6. The summed E-state index contributed by atoms with van der Waals surface area (Å²) in [5.74, 6) is 0.702. The summed E-state index contributed by atoms with van der Waals surface area (Å²) in [6, 6.07) is 0. The summed E-state index contributed by atoms with van der Waals surface area (Å²) in [6.45, 7) is 1.81. The standard InChI is InChI=1S/C7H9NO3/c1-3-6(9)8-5-7(10)11-4-2/h1H,4-5H2,2H3,(H,8,9). The van der Waals surface area contributed by atoms with Crippen molar-refractivity contribution in [3.05, 3.63) is 0 Å². The Morgan fingerprint density at radius 3 is 2.73 bits per heavy atom. The molecule has 0 heterocycles. The molecule has 0 saturated heterocycles. The lowest BCUT2D eigenvalue weighted by Crippen LogP contribution is -2.29. The van der Waals surface area contributed by atoms with Crippen molar-refractivity contribution in [3.8, 4) is 12.3 Å². The second-order valence-electron chi connectivity index (χ2n) is 1.63. The molecular weight excluding hydrogens is 146 g/mol. The molecule has 0 saturated carbocycles. The largest absolute Gasteiger partial charge is 0.465 e. The number of terminal acetylenes is 1. The van der Waals surface area contributed by atoms with Crippen LogP contribution in [0.15, 0.2) is 0 Å². The Bertz CT molecular complexity index is 192. The molecule has 0 aromatic rings. The van der Waals surface area contributed by atoms with Crippen LogP contribution < -0.4 is 5.32 Å². The van der Waals surface area contributed by atoms with E-state index >= 15 is 0 Å². The van der Waals surface area contributed by atoms with Gasteiger partial charge >= 0.3 is 5.97 Å². The van der Waals surface area contributed by atoms with Crippen LogP contribution in [0.1, 0.15) is 6.92 Å². The third-order valence-corrected chi connectivity index (χ3v) is 0.830. The number of esters is 1.